The predicted octanol–water partition coefficient (Wildman–Crippen LogP) is 4.09. The highest BCUT2D eigenvalue weighted by molar-refractivity contribution is 7.15. The molecule has 0 aliphatic rings. The molecule has 0 aliphatic carbocycles. The molecule has 3 rings (SSSR count). The number of thiophene rings is 1. The van der Waals surface area contributed by atoms with Crippen LogP contribution in [0.2, 0.25) is 5.02 Å². The molecule has 18 heavy (non-hydrogen) atoms. The predicted molar refractivity (Wildman–Crippen MR) is 78.2 cm³/mol. The number of fused-ring (bicyclic) bond motifs is 1. The maximum atomic E-state index is 5.98. The normalized spacial score (nSPS) is 11.2. The van der Waals surface area contributed by atoms with E-state index >= 15 is 0 Å². The molecule has 0 radical (unpaired) electrons. The van der Waals surface area contributed by atoms with Crippen LogP contribution in [0.5, 0.6) is 0 Å². The van der Waals surface area contributed by atoms with Crippen LogP contribution in [0.4, 0.5) is 5.69 Å². The monoisotopic (exact) mass is 277 g/mol. The highest BCUT2D eigenvalue weighted by Crippen LogP contribution is 2.31. The van der Waals surface area contributed by atoms with Crippen molar-refractivity contribution in [2.24, 2.45) is 0 Å². The third-order valence-corrected chi connectivity index (χ3v) is 4.28. The first-order valence-corrected chi connectivity index (χ1v) is 6.90. The molecule has 0 fully saturated rings. The van der Waals surface area contributed by atoms with Crippen molar-refractivity contribution in [3.63, 3.8) is 0 Å². The molecule has 0 unspecified atom stereocenters. The molecule has 3 nitrogen and oxygen atoms in total. The number of aryl methyl sites for hydroxylation is 1. The molecule has 1 aromatic carbocycles. The molecule has 3 aromatic rings. The smallest absolute Gasteiger partial charge is 0.148 e. The van der Waals surface area contributed by atoms with Crippen LogP contribution in [0.3, 0.4) is 0 Å². The van der Waals surface area contributed by atoms with Crippen molar-refractivity contribution in [3.8, 4) is 10.7 Å². The van der Waals surface area contributed by atoms with E-state index in [1.807, 2.05) is 6.07 Å². The minimum Gasteiger partial charge on any atom is -0.397 e. The summed E-state index contributed by atoms with van der Waals surface area (Å²) in [5.74, 6) is 0.851. The van der Waals surface area contributed by atoms with Gasteiger partial charge in [0.1, 0.15) is 11.3 Å². The van der Waals surface area contributed by atoms with Gasteiger partial charge in [0, 0.05) is 9.90 Å². The number of H-pyrrole nitrogens is 1. The molecule has 5 heteroatoms. The number of aromatic nitrogens is 2. The van der Waals surface area contributed by atoms with E-state index < -0.39 is 0 Å². The Kier molecular flexibility index (Phi) is 2.76. The summed E-state index contributed by atoms with van der Waals surface area (Å²) < 4.78 is 0. The second-order valence-corrected chi connectivity index (χ2v) is 5.70. The number of hydrogen-bond acceptors (Lipinski definition) is 3. The minimum absolute atomic E-state index is 0.604. The van der Waals surface area contributed by atoms with E-state index in [4.69, 9.17) is 17.3 Å². The molecular formula is C13H12ClN3S. The first-order valence-electron chi connectivity index (χ1n) is 5.71. The molecule has 0 atom stereocenters. The largest absolute Gasteiger partial charge is 0.397 e. The van der Waals surface area contributed by atoms with Gasteiger partial charge in [0.2, 0.25) is 0 Å². The summed E-state index contributed by atoms with van der Waals surface area (Å²) in [5.41, 5.74) is 8.18. The molecule has 2 aromatic heterocycles. The number of rotatable bonds is 2. The van der Waals surface area contributed by atoms with Crippen LogP contribution in [0.1, 0.15) is 11.8 Å². The van der Waals surface area contributed by atoms with Gasteiger partial charge in [-0.3, -0.25) is 0 Å². The van der Waals surface area contributed by atoms with Crippen molar-refractivity contribution in [1.29, 1.82) is 0 Å². The first kappa shape index (κ1) is 11.6. The van der Waals surface area contributed by atoms with Gasteiger partial charge in [0.15, 0.2) is 0 Å². The maximum Gasteiger partial charge on any atom is 0.148 e. The van der Waals surface area contributed by atoms with Gasteiger partial charge in [-0.1, -0.05) is 18.5 Å². The van der Waals surface area contributed by atoms with Gasteiger partial charge in [0.25, 0.3) is 0 Å². The van der Waals surface area contributed by atoms with Crippen molar-refractivity contribution in [3.05, 3.63) is 34.2 Å². The Morgan fingerprint density at radius 1 is 1.39 bits per heavy atom. The molecule has 0 spiro atoms. The van der Waals surface area contributed by atoms with Crippen molar-refractivity contribution < 1.29 is 0 Å². The lowest BCUT2D eigenvalue weighted by Crippen LogP contribution is -1.86. The number of hydrogen-bond donors (Lipinski definition) is 2. The van der Waals surface area contributed by atoms with Crippen LogP contribution in [0, 0.1) is 0 Å². The van der Waals surface area contributed by atoms with Crippen molar-refractivity contribution in [1.82, 2.24) is 9.97 Å². The Labute approximate surface area is 114 Å². The van der Waals surface area contributed by atoms with Gasteiger partial charge in [-0.05, 0) is 30.7 Å². The quantitative estimate of drug-likeness (QED) is 0.693. The van der Waals surface area contributed by atoms with E-state index in [0.717, 1.165) is 28.2 Å². The summed E-state index contributed by atoms with van der Waals surface area (Å²) in [5, 5.41) is 0.621. The molecule has 92 valence electrons. The first-order chi connectivity index (χ1) is 8.67. The molecule has 0 saturated carbocycles. The zero-order valence-electron chi connectivity index (χ0n) is 9.83. The lowest BCUT2D eigenvalue weighted by molar-refractivity contribution is 1.19. The van der Waals surface area contributed by atoms with Crippen molar-refractivity contribution in [2.75, 3.05) is 5.73 Å². The molecule has 3 N–H and O–H groups in total. The summed E-state index contributed by atoms with van der Waals surface area (Å²) in [6, 6.07) is 7.78. The van der Waals surface area contributed by atoms with Crippen LogP contribution in [0.15, 0.2) is 24.3 Å². The van der Waals surface area contributed by atoms with Crippen LogP contribution in [0.25, 0.3) is 21.7 Å². The van der Waals surface area contributed by atoms with E-state index in [-0.39, 0.29) is 0 Å². The zero-order chi connectivity index (χ0) is 12.7. The van der Waals surface area contributed by atoms with Gasteiger partial charge in [-0.2, -0.15) is 0 Å². The average molecular weight is 278 g/mol. The van der Waals surface area contributed by atoms with Gasteiger partial charge >= 0.3 is 0 Å². The third kappa shape index (κ3) is 1.87. The summed E-state index contributed by atoms with van der Waals surface area (Å²) in [4.78, 5) is 10.3. The van der Waals surface area contributed by atoms with Crippen LogP contribution < -0.4 is 5.73 Å². The number of halogens is 1. The van der Waals surface area contributed by atoms with E-state index in [2.05, 4.69) is 29.0 Å². The summed E-state index contributed by atoms with van der Waals surface area (Å²) in [7, 11) is 0. The SMILES string of the molecule is CCc1ccc(-c2nc3c(N)cc(Cl)cc3[nH]2)s1. The fourth-order valence-electron chi connectivity index (χ4n) is 1.92. The summed E-state index contributed by atoms with van der Waals surface area (Å²) in [6.07, 6.45) is 1.04. The van der Waals surface area contributed by atoms with E-state index in [0.29, 0.717) is 10.7 Å². The summed E-state index contributed by atoms with van der Waals surface area (Å²) >= 11 is 7.72. The third-order valence-electron chi connectivity index (χ3n) is 2.82. The minimum atomic E-state index is 0.604. The summed E-state index contributed by atoms with van der Waals surface area (Å²) in [6.45, 7) is 2.14. The number of nitrogens with one attached hydrogen (secondary N) is 1. The number of imidazole rings is 1. The Bertz CT molecular complexity index is 714. The van der Waals surface area contributed by atoms with Gasteiger partial charge in [0.05, 0.1) is 16.1 Å². The Morgan fingerprint density at radius 3 is 2.94 bits per heavy atom. The highest BCUT2D eigenvalue weighted by atomic mass is 35.5. The molecule has 2 heterocycles. The topological polar surface area (TPSA) is 54.7 Å². The van der Waals surface area contributed by atoms with E-state index in [9.17, 15) is 0 Å². The Morgan fingerprint density at radius 2 is 2.22 bits per heavy atom. The van der Waals surface area contributed by atoms with Crippen molar-refractivity contribution >= 4 is 39.7 Å². The number of benzene rings is 1. The number of aromatic amines is 1. The lowest BCUT2D eigenvalue weighted by Gasteiger charge is -1.94. The maximum absolute atomic E-state index is 5.98. The molecular weight excluding hydrogens is 266 g/mol. The fraction of sp³-hybridized carbons (Fsp3) is 0.154. The van der Waals surface area contributed by atoms with Crippen LogP contribution in [-0.2, 0) is 6.42 Å². The number of nitrogen functional groups attached to an aromatic ring is 1. The standard InChI is InChI=1S/C13H12ClN3S/c1-2-8-3-4-11(18-8)13-16-10-6-7(14)5-9(15)12(10)17-13/h3-6H,2,15H2,1H3,(H,16,17). The highest BCUT2D eigenvalue weighted by Gasteiger charge is 2.10. The van der Waals surface area contributed by atoms with Gasteiger partial charge in [-0.25, -0.2) is 4.98 Å². The number of nitrogens with two attached hydrogens (primary N) is 1. The van der Waals surface area contributed by atoms with E-state index in [1.54, 1.807) is 17.4 Å². The number of anilines is 1. The molecule has 0 saturated heterocycles. The van der Waals surface area contributed by atoms with Crippen molar-refractivity contribution in [2.45, 2.75) is 13.3 Å². The second kappa shape index (κ2) is 4.30. The number of nitrogens with zero attached hydrogens (tertiary/aromatic N) is 1. The Balaban J connectivity index is 2.16. The molecule has 0 bridgehead atoms. The van der Waals surface area contributed by atoms with E-state index in [1.165, 1.54) is 4.88 Å². The fourth-order valence-corrected chi connectivity index (χ4v) is 3.04. The lowest BCUT2D eigenvalue weighted by atomic mass is 10.3. The van der Waals surface area contributed by atoms with Crippen LogP contribution in [-0.4, -0.2) is 9.97 Å². The van der Waals surface area contributed by atoms with Gasteiger partial charge in [-0.15, -0.1) is 11.3 Å². The zero-order valence-corrected chi connectivity index (χ0v) is 11.4. The molecule has 0 aliphatic heterocycles. The van der Waals surface area contributed by atoms with Gasteiger partial charge < -0.3 is 10.7 Å². The second-order valence-electron chi connectivity index (χ2n) is 4.10. The van der Waals surface area contributed by atoms with Crippen LogP contribution >= 0.6 is 22.9 Å². The Hall–Kier alpha value is -1.52. The molecule has 0 amide bonds. The average Bonchev–Trinajstić information content (AvgIpc) is 2.93.